The molecule has 1 atom stereocenters. The molecule has 3 heterocycles. The van der Waals surface area contributed by atoms with E-state index in [2.05, 4.69) is 11.2 Å². The van der Waals surface area contributed by atoms with E-state index in [1.54, 1.807) is 9.36 Å². The number of nitrogens with zero attached hydrogens (tertiary/aromatic N) is 5. The van der Waals surface area contributed by atoms with Crippen LogP contribution < -0.4 is 10.5 Å². The van der Waals surface area contributed by atoms with Gasteiger partial charge in [-0.25, -0.2) is 9.36 Å². The number of para-hydroxylation sites is 2. The Hall–Kier alpha value is -4.02. The molecule has 158 valence electrons. The van der Waals surface area contributed by atoms with Gasteiger partial charge in [0.15, 0.2) is 0 Å². The lowest BCUT2D eigenvalue weighted by molar-refractivity contribution is 0.367. The minimum atomic E-state index is -0.550. The molecule has 0 bridgehead atoms. The first-order valence-electron chi connectivity index (χ1n) is 10.0. The molecule has 2 aromatic carbocycles. The largest absolute Gasteiger partial charge is 0.422 e. The van der Waals surface area contributed by atoms with Crippen LogP contribution in [0.4, 0.5) is 0 Å². The van der Waals surface area contributed by atoms with Crippen molar-refractivity contribution in [2.45, 2.75) is 19.8 Å². The van der Waals surface area contributed by atoms with Gasteiger partial charge in [0.05, 0.1) is 34.2 Å². The van der Waals surface area contributed by atoms with Crippen LogP contribution in [0.2, 0.25) is 5.15 Å². The number of rotatable bonds is 3. The molecule has 4 aromatic rings. The number of aromatic nitrogens is 4. The van der Waals surface area contributed by atoms with Crippen LogP contribution in [-0.2, 0) is 0 Å². The van der Waals surface area contributed by atoms with E-state index in [0.717, 1.165) is 22.6 Å². The Morgan fingerprint density at radius 2 is 1.44 bits per heavy atom. The monoisotopic (exact) mass is 442 g/mol. The fourth-order valence-electron chi connectivity index (χ4n) is 4.13. The van der Waals surface area contributed by atoms with E-state index in [1.807, 2.05) is 74.5 Å². The number of nitriles is 1. The van der Waals surface area contributed by atoms with E-state index in [1.165, 1.54) is 0 Å². The van der Waals surface area contributed by atoms with Gasteiger partial charge in [0.25, 0.3) is 0 Å². The van der Waals surface area contributed by atoms with Crippen molar-refractivity contribution in [2.24, 2.45) is 5.73 Å². The van der Waals surface area contributed by atoms with Gasteiger partial charge >= 0.3 is 0 Å². The molecule has 8 heteroatoms. The first-order valence-corrected chi connectivity index (χ1v) is 10.4. The first-order chi connectivity index (χ1) is 15.5. The smallest absolute Gasteiger partial charge is 0.229 e. The third kappa shape index (κ3) is 2.96. The van der Waals surface area contributed by atoms with Crippen molar-refractivity contribution in [3.63, 3.8) is 0 Å². The van der Waals surface area contributed by atoms with Crippen LogP contribution in [0.1, 0.15) is 28.4 Å². The predicted molar refractivity (Wildman–Crippen MR) is 121 cm³/mol. The van der Waals surface area contributed by atoms with Crippen molar-refractivity contribution >= 4 is 11.6 Å². The van der Waals surface area contributed by atoms with Crippen molar-refractivity contribution in [1.29, 1.82) is 5.26 Å². The standard InChI is InChI=1S/C24H19ClN6O/c1-14-19(22(25)30(28-14)16-9-5-3-6-10-16)21-18(13-26)23(27)32-24-20(21)15(2)29-31(24)17-11-7-4-8-12-17/h3-12,21H,27H2,1-2H3/t21-/m0/s1. The van der Waals surface area contributed by atoms with Gasteiger partial charge in [0.2, 0.25) is 11.8 Å². The Labute approximate surface area is 189 Å². The van der Waals surface area contributed by atoms with Crippen molar-refractivity contribution < 1.29 is 4.74 Å². The number of hydrogen-bond acceptors (Lipinski definition) is 5. The van der Waals surface area contributed by atoms with Gasteiger partial charge in [-0.05, 0) is 38.1 Å². The summed E-state index contributed by atoms with van der Waals surface area (Å²) in [6, 6.07) is 21.5. The fourth-order valence-corrected chi connectivity index (χ4v) is 4.51. The Kier molecular flexibility index (Phi) is 4.72. The van der Waals surface area contributed by atoms with Crippen LogP contribution in [0.5, 0.6) is 5.88 Å². The molecule has 0 aliphatic carbocycles. The molecule has 2 aromatic heterocycles. The van der Waals surface area contributed by atoms with Gasteiger partial charge in [-0.15, -0.1) is 0 Å². The predicted octanol–water partition coefficient (Wildman–Crippen LogP) is 4.55. The van der Waals surface area contributed by atoms with Crippen molar-refractivity contribution in [3.8, 4) is 23.3 Å². The average molecular weight is 443 g/mol. The quantitative estimate of drug-likeness (QED) is 0.502. The van der Waals surface area contributed by atoms with Crippen molar-refractivity contribution in [2.75, 3.05) is 0 Å². The highest BCUT2D eigenvalue weighted by atomic mass is 35.5. The SMILES string of the molecule is Cc1nn(-c2ccccc2)c(Cl)c1[C@@H]1C(C#N)=C(N)Oc2c1c(C)nn2-c1ccccc1. The molecule has 0 saturated carbocycles. The lowest BCUT2D eigenvalue weighted by Crippen LogP contribution is -2.22. The maximum atomic E-state index is 9.97. The van der Waals surface area contributed by atoms with Crippen LogP contribution >= 0.6 is 11.6 Å². The molecule has 7 nitrogen and oxygen atoms in total. The van der Waals surface area contributed by atoms with Gasteiger partial charge in [-0.2, -0.15) is 15.5 Å². The van der Waals surface area contributed by atoms with E-state index < -0.39 is 5.92 Å². The van der Waals surface area contributed by atoms with Crippen LogP contribution in [0.3, 0.4) is 0 Å². The second-order valence-corrected chi connectivity index (χ2v) is 7.87. The topological polar surface area (TPSA) is 94.7 Å². The molecular weight excluding hydrogens is 424 g/mol. The number of hydrogen-bond donors (Lipinski definition) is 1. The summed E-state index contributed by atoms with van der Waals surface area (Å²) in [6.45, 7) is 3.76. The summed E-state index contributed by atoms with van der Waals surface area (Å²) in [5.74, 6) is -0.0469. The Morgan fingerprint density at radius 3 is 2.03 bits per heavy atom. The molecular formula is C24H19ClN6O. The fraction of sp³-hybridized carbons (Fsp3) is 0.125. The third-order valence-electron chi connectivity index (χ3n) is 5.57. The molecule has 0 fully saturated rings. The molecule has 0 spiro atoms. The molecule has 0 amide bonds. The third-order valence-corrected chi connectivity index (χ3v) is 5.93. The zero-order valence-electron chi connectivity index (χ0n) is 17.5. The summed E-state index contributed by atoms with van der Waals surface area (Å²) in [7, 11) is 0. The normalized spacial score (nSPS) is 15.2. The Morgan fingerprint density at radius 1 is 0.906 bits per heavy atom. The summed E-state index contributed by atoms with van der Waals surface area (Å²) in [5, 5.41) is 19.7. The second kappa shape index (κ2) is 7.59. The molecule has 5 rings (SSSR count). The van der Waals surface area contributed by atoms with Gasteiger partial charge in [0.1, 0.15) is 16.8 Å². The average Bonchev–Trinajstić information content (AvgIpc) is 3.29. The summed E-state index contributed by atoms with van der Waals surface area (Å²) in [6.07, 6.45) is 0. The second-order valence-electron chi connectivity index (χ2n) is 7.51. The van der Waals surface area contributed by atoms with E-state index in [-0.39, 0.29) is 11.5 Å². The van der Waals surface area contributed by atoms with E-state index >= 15 is 0 Å². The van der Waals surface area contributed by atoms with E-state index in [0.29, 0.717) is 22.3 Å². The van der Waals surface area contributed by atoms with Crippen LogP contribution in [0.25, 0.3) is 11.4 Å². The van der Waals surface area contributed by atoms with Gasteiger partial charge in [0, 0.05) is 5.56 Å². The van der Waals surface area contributed by atoms with E-state index in [4.69, 9.17) is 27.2 Å². The zero-order valence-corrected chi connectivity index (χ0v) is 18.2. The number of benzene rings is 2. The van der Waals surface area contributed by atoms with Crippen LogP contribution in [0.15, 0.2) is 72.1 Å². The molecule has 1 aliphatic rings. The summed E-state index contributed by atoms with van der Waals surface area (Å²) in [4.78, 5) is 0. The number of nitrogens with two attached hydrogens (primary N) is 1. The maximum absolute atomic E-state index is 9.97. The first kappa shape index (κ1) is 19.9. The molecule has 1 aliphatic heterocycles. The van der Waals surface area contributed by atoms with Crippen molar-refractivity contribution in [3.05, 3.63) is 99.8 Å². The lowest BCUT2D eigenvalue weighted by Gasteiger charge is -2.24. The highest BCUT2D eigenvalue weighted by molar-refractivity contribution is 6.30. The molecule has 0 radical (unpaired) electrons. The zero-order chi connectivity index (χ0) is 22.4. The van der Waals surface area contributed by atoms with E-state index in [9.17, 15) is 5.26 Å². The van der Waals surface area contributed by atoms with Crippen molar-refractivity contribution in [1.82, 2.24) is 19.6 Å². The minimum Gasteiger partial charge on any atom is -0.422 e. The van der Waals surface area contributed by atoms with Gasteiger partial charge < -0.3 is 10.5 Å². The molecule has 0 saturated heterocycles. The van der Waals surface area contributed by atoms with Gasteiger partial charge in [-0.3, -0.25) is 0 Å². The Balaban J connectivity index is 1.75. The summed E-state index contributed by atoms with van der Waals surface area (Å²) < 4.78 is 9.30. The Bertz CT molecular complexity index is 1400. The van der Waals surface area contributed by atoms with Crippen LogP contribution in [0, 0.1) is 25.2 Å². The van der Waals surface area contributed by atoms with Crippen LogP contribution in [-0.4, -0.2) is 19.6 Å². The highest BCUT2D eigenvalue weighted by Gasteiger charge is 2.39. The molecule has 2 N–H and O–H groups in total. The highest BCUT2D eigenvalue weighted by Crippen LogP contribution is 2.47. The maximum Gasteiger partial charge on any atom is 0.229 e. The number of fused-ring (bicyclic) bond motifs is 1. The summed E-state index contributed by atoms with van der Waals surface area (Å²) >= 11 is 6.87. The minimum absolute atomic E-state index is 0.0324. The number of ether oxygens (including phenoxy) is 1. The number of aryl methyl sites for hydroxylation is 2. The summed E-state index contributed by atoms with van der Waals surface area (Å²) in [5.41, 5.74) is 11.0. The number of allylic oxidation sites excluding steroid dienone is 1. The number of halogens is 1. The molecule has 32 heavy (non-hydrogen) atoms. The van der Waals surface area contributed by atoms with Gasteiger partial charge in [-0.1, -0.05) is 48.0 Å². The molecule has 0 unspecified atom stereocenters. The lowest BCUT2D eigenvalue weighted by atomic mass is 9.84.